The third-order valence-electron chi connectivity index (χ3n) is 5.76. The molecule has 0 saturated heterocycles. The number of ketones is 2. The van der Waals surface area contributed by atoms with Gasteiger partial charge in [-0.3, -0.25) is 15.0 Å². The van der Waals surface area contributed by atoms with Gasteiger partial charge in [-0.2, -0.15) is 10.5 Å². The van der Waals surface area contributed by atoms with Crippen LogP contribution in [0, 0.1) is 28.1 Å². The molecular weight excluding hydrogens is 380 g/mol. The zero-order chi connectivity index (χ0) is 21.3. The summed E-state index contributed by atoms with van der Waals surface area (Å²) in [5.41, 5.74) is 8.61. The van der Waals surface area contributed by atoms with Crippen molar-refractivity contribution in [3.63, 3.8) is 0 Å². The lowest BCUT2D eigenvalue weighted by atomic mass is 9.71. The third-order valence-corrected chi connectivity index (χ3v) is 5.76. The smallest absolute Gasteiger partial charge is 0.196 e. The molecule has 0 heterocycles. The number of hydrogen-bond donors (Lipinski definition) is 2. The number of methoxy groups -OCH3 is 1. The number of rotatable bonds is 2. The number of amidine groups is 1. The van der Waals surface area contributed by atoms with Crippen LogP contribution in [0.1, 0.15) is 48.5 Å². The second kappa shape index (κ2) is 5.76. The van der Waals surface area contributed by atoms with Crippen LogP contribution in [0.4, 0.5) is 0 Å². The summed E-state index contributed by atoms with van der Waals surface area (Å²) < 4.78 is 5.53. The van der Waals surface area contributed by atoms with Gasteiger partial charge in [-0.15, -0.1) is 0 Å². The van der Waals surface area contributed by atoms with Crippen LogP contribution in [0.15, 0.2) is 24.3 Å². The molecule has 0 saturated carbocycles. The number of hydrogen-bond acceptors (Lipinski definition) is 6. The molecule has 3 N–H and O–H groups in total. The van der Waals surface area contributed by atoms with E-state index in [1.165, 1.54) is 19.2 Å². The summed E-state index contributed by atoms with van der Waals surface area (Å²) in [5.74, 6) is -0.568. The number of carbonyl (C=O) groups is 2. The van der Waals surface area contributed by atoms with Gasteiger partial charge < -0.3 is 10.5 Å². The molecular formula is C23H12N4O3. The molecule has 0 aliphatic heterocycles. The van der Waals surface area contributed by atoms with E-state index in [1.807, 2.05) is 12.1 Å². The monoisotopic (exact) mass is 392 g/mol. The minimum absolute atomic E-state index is 0.0602. The molecule has 0 fully saturated rings. The van der Waals surface area contributed by atoms with Gasteiger partial charge in [-0.1, -0.05) is 0 Å². The Kier molecular flexibility index (Phi) is 3.38. The Bertz CT molecular complexity index is 1490. The molecule has 30 heavy (non-hydrogen) atoms. The van der Waals surface area contributed by atoms with Crippen LogP contribution in [-0.4, -0.2) is 24.5 Å². The highest BCUT2D eigenvalue weighted by Gasteiger charge is 2.39. The Balaban J connectivity index is 2.16. The van der Waals surface area contributed by atoms with Crippen LogP contribution < -0.4 is 10.5 Å². The average Bonchev–Trinajstić information content (AvgIpc) is 2.75. The van der Waals surface area contributed by atoms with Crippen molar-refractivity contribution in [2.45, 2.75) is 6.42 Å². The molecule has 0 unspecified atom stereocenters. The molecule has 142 valence electrons. The Morgan fingerprint density at radius 3 is 2.40 bits per heavy atom. The Hall–Kier alpha value is -4.49. The first-order chi connectivity index (χ1) is 14.4. The first kappa shape index (κ1) is 17.6. The van der Waals surface area contributed by atoms with Crippen LogP contribution in [0.2, 0.25) is 0 Å². The van der Waals surface area contributed by atoms with E-state index in [-0.39, 0.29) is 45.9 Å². The normalized spacial score (nSPS) is 13.0. The van der Waals surface area contributed by atoms with Crippen molar-refractivity contribution in [3.8, 4) is 29.0 Å². The first-order valence-corrected chi connectivity index (χ1v) is 9.03. The quantitative estimate of drug-likeness (QED) is 0.397. The van der Waals surface area contributed by atoms with Gasteiger partial charge in [0.05, 0.1) is 30.4 Å². The maximum atomic E-state index is 13.6. The SMILES string of the molecule is COc1cc2c3c4c(c(C#N)cc(C(=N)N)c14)C(=O)c1c(C#N)ccc(c1-3)C(=O)C2. The summed E-state index contributed by atoms with van der Waals surface area (Å²) in [4.78, 5) is 26.4. The zero-order valence-electron chi connectivity index (χ0n) is 15.7. The predicted molar refractivity (Wildman–Crippen MR) is 108 cm³/mol. The molecule has 7 nitrogen and oxygen atoms in total. The third kappa shape index (κ3) is 1.93. The van der Waals surface area contributed by atoms with Crippen LogP contribution in [0.3, 0.4) is 0 Å². The van der Waals surface area contributed by atoms with E-state index < -0.39 is 5.78 Å². The summed E-state index contributed by atoms with van der Waals surface area (Å²) in [6.45, 7) is 0. The molecule has 0 radical (unpaired) electrons. The number of nitrogens with zero attached hydrogens (tertiary/aromatic N) is 2. The van der Waals surface area contributed by atoms with Crippen molar-refractivity contribution >= 4 is 28.2 Å². The van der Waals surface area contributed by atoms with E-state index in [2.05, 4.69) is 0 Å². The fraction of sp³-hybridized carbons (Fsp3) is 0.0870. The van der Waals surface area contributed by atoms with Gasteiger partial charge in [0.2, 0.25) is 0 Å². The van der Waals surface area contributed by atoms with Gasteiger partial charge >= 0.3 is 0 Å². The molecule has 3 aromatic rings. The molecule has 2 aliphatic rings. The van der Waals surface area contributed by atoms with Gasteiger partial charge in [0.25, 0.3) is 0 Å². The fourth-order valence-electron chi connectivity index (χ4n) is 4.59. The summed E-state index contributed by atoms with van der Waals surface area (Å²) in [7, 11) is 1.45. The second-order valence-corrected chi connectivity index (χ2v) is 7.19. The summed E-state index contributed by atoms with van der Waals surface area (Å²) >= 11 is 0. The van der Waals surface area contributed by atoms with Crippen LogP contribution in [-0.2, 0) is 6.42 Å². The van der Waals surface area contributed by atoms with Gasteiger partial charge in [-0.25, -0.2) is 0 Å². The van der Waals surface area contributed by atoms with Crippen molar-refractivity contribution in [1.82, 2.24) is 0 Å². The summed E-state index contributed by atoms with van der Waals surface area (Å²) in [6, 6.07) is 10.2. The first-order valence-electron chi connectivity index (χ1n) is 9.03. The minimum Gasteiger partial charge on any atom is -0.496 e. The lowest BCUT2D eigenvalue weighted by Gasteiger charge is -2.30. The fourth-order valence-corrected chi connectivity index (χ4v) is 4.59. The lowest BCUT2D eigenvalue weighted by Crippen LogP contribution is -2.24. The van der Waals surface area contributed by atoms with Gasteiger partial charge in [-0.05, 0) is 35.4 Å². The number of nitrogens with one attached hydrogen (secondary N) is 1. The molecule has 0 spiro atoms. The topological polar surface area (TPSA) is 141 Å². The molecule has 0 aromatic heterocycles. The largest absolute Gasteiger partial charge is 0.496 e. The van der Waals surface area contributed by atoms with E-state index in [0.29, 0.717) is 38.8 Å². The van der Waals surface area contributed by atoms with Crippen LogP contribution in [0.5, 0.6) is 5.75 Å². The van der Waals surface area contributed by atoms with E-state index in [1.54, 1.807) is 12.1 Å². The molecule has 3 aromatic carbocycles. The van der Waals surface area contributed by atoms with Crippen molar-refractivity contribution in [1.29, 1.82) is 15.9 Å². The molecule has 0 atom stereocenters. The van der Waals surface area contributed by atoms with Crippen molar-refractivity contribution in [2.24, 2.45) is 5.73 Å². The molecule has 0 amide bonds. The maximum Gasteiger partial charge on any atom is 0.196 e. The van der Waals surface area contributed by atoms with Crippen LogP contribution >= 0.6 is 0 Å². The van der Waals surface area contributed by atoms with Crippen molar-refractivity contribution in [3.05, 3.63) is 63.2 Å². The zero-order valence-corrected chi connectivity index (χ0v) is 15.7. The van der Waals surface area contributed by atoms with Gasteiger partial charge in [0.15, 0.2) is 11.6 Å². The van der Waals surface area contributed by atoms with Crippen molar-refractivity contribution < 1.29 is 14.3 Å². The van der Waals surface area contributed by atoms with Gasteiger partial charge in [0.1, 0.15) is 11.6 Å². The molecule has 7 heteroatoms. The van der Waals surface area contributed by atoms with E-state index >= 15 is 0 Å². The standard InChI is InChI=1S/C23H12N4O3/c1-30-15-6-10-5-14(28)12-3-2-9(7-24)17-20(12)16(10)21-18(22(17)29)11(8-25)4-13(19(15)21)23(26)27/h2-4,6H,5H2,1H3,(H3,26,27). The highest BCUT2D eigenvalue weighted by molar-refractivity contribution is 6.33. The van der Waals surface area contributed by atoms with E-state index in [0.717, 1.165) is 0 Å². The van der Waals surface area contributed by atoms with E-state index in [9.17, 15) is 20.1 Å². The molecule has 5 rings (SSSR count). The number of nitrogen functional groups attached to an aromatic ring is 1. The minimum atomic E-state index is -0.499. The number of Topliss-reactive ketones (excluding diaryl/α,β-unsaturated/α-hetero) is 1. The maximum absolute atomic E-state index is 13.6. The molecule has 2 aliphatic carbocycles. The Morgan fingerprint density at radius 1 is 1.03 bits per heavy atom. The number of benzene rings is 3. The average molecular weight is 392 g/mol. The number of carbonyl (C=O) groups excluding carboxylic acids is 2. The van der Waals surface area contributed by atoms with Gasteiger partial charge in [0, 0.05) is 45.0 Å². The van der Waals surface area contributed by atoms with E-state index in [4.69, 9.17) is 15.9 Å². The molecule has 0 bridgehead atoms. The Labute approximate surface area is 170 Å². The summed E-state index contributed by atoms with van der Waals surface area (Å²) in [5, 5.41) is 28.3. The highest BCUT2D eigenvalue weighted by atomic mass is 16.5. The Morgan fingerprint density at radius 2 is 1.77 bits per heavy atom. The predicted octanol–water partition coefficient (Wildman–Crippen LogP) is 2.83. The number of ether oxygens (including phenoxy) is 1. The summed E-state index contributed by atoms with van der Waals surface area (Å²) in [6.07, 6.45) is 0.0970. The number of nitrogens with two attached hydrogens (primary N) is 1. The lowest BCUT2D eigenvalue weighted by molar-refractivity contribution is 0.0992. The van der Waals surface area contributed by atoms with Crippen LogP contribution in [0.25, 0.3) is 21.9 Å². The second-order valence-electron chi connectivity index (χ2n) is 7.19. The number of nitriles is 2. The van der Waals surface area contributed by atoms with Crippen molar-refractivity contribution in [2.75, 3.05) is 7.11 Å². The highest BCUT2D eigenvalue weighted by Crippen LogP contribution is 2.51.